The second-order valence-corrected chi connectivity index (χ2v) is 5.87. The molecule has 1 fully saturated rings. The Morgan fingerprint density at radius 1 is 1.30 bits per heavy atom. The molecule has 2 rings (SSSR count). The zero-order valence-electron chi connectivity index (χ0n) is 13.8. The Bertz CT molecular complexity index is 459. The summed E-state index contributed by atoms with van der Waals surface area (Å²) in [6.07, 6.45) is 3.43. The van der Waals surface area contributed by atoms with E-state index >= 15 is 0 Å². The summed E-state index contributed by atoms with van der Waals surface area (Å²) in [5, 5.41) is 2.81. The number of carbonyl (C=O) groups is 1. The van der Waals surface area contributed by atoms with Crippen LogP contribution < -0.4 is 15.8 Å². The van der Waals surface area contributed by atoms with E-state index in [0.717, 1.165) is 25.3 Å². The number of ether oxygens (including phenoxy) is 1. The van der Waals surface area contributed by atoms with Crippen LogP contribution in [0, 0.1) is 0 Å². The molecule has 130 valence electrons. The van der Waals surface area contributed by atoms with E-state index in [1.54, 1.807) is 6.92 Å². The van der Waals surface area contributed by atoms with Crippen molar-refractivity contribution in [3.05, 3.63) is 29.8 Å². The number of nitrogens with zero attached hydrogens (tertiary/aromatic N) is 1. The van der Waals surface area contributed by atoms with E-state index in [2.05, 4.69) is 10.2 Å². The number of hydrogen-bond donors (Lipinski definition) is 2. The lowest BCUT2D eigenvalue weighted by Gasteiger charge is -2.15. The Balaban J connectivity index is 0.00000264. The third-order valence-electron chi connectivity index (χ3n) is 3.92. The summed E-state index contributed by atoms with van der Waals surface area (Å²) in [4.78, 5) is 13.8. The van der Waals surface area contributed by atoms with Gasteiger partial charge in [-0.3, -0.25) is 9.69 Å². The fourth-order valence-electron chi connectivity index (χ4n) is 2.54. The van der Waals surface area contributed by atoms with Crippen LogP contribution in [-0.2, 0) is 11.2 Å². The smallest absolute Gasteiger partial charge is 0.236 e. The standard InChI is InChI=1S/C17H27N3O2.ClH/c1-14(18)17(21)19-9-8-15-4-6-16(7-5-15)22-13-12-20-10-2-3-11-20;/h4-7,14H,2-3,8-13,18H2,1H3,(H,19,21);1H. The number of rotatable bonds is 8. The van der Waals surface area contributed by atoms with E-state index in [0.29, 0.717) is 6.54 Å². The molecule has 0 bridgehead atoms. The quantitative estimate of drug-likeness (QED) is 0.753. The van der Waals surface area contributed by atoms with E-state index in [4.69, 9.17) is 10.5 Å². The molecule has 0 spiro atoms. The Morgan fingerprint density at radius 2 is 1.96 bits per heavy atom. The number of hydrogen-bond acceptors (Lipinski definition) is 4. The second kappa shape index (κ2) is 10.5. The Kier molecular flexibility index (Phi) is 8.99. The van der Waals surface area contributed by atoms with Crippen LogP contribution in [0.4, 0.5) is 0 Å². The lowest BCUT2D eigenvalue weighted by molar-refractivity contribution is -0.121. The highest BCUT2D eigenvalue weighted by Crippen LogP contribution is 2.13. The molecular weight excluding hydrogens is 314 g/mol. The Hall–Kier alpha value is -1.30. The highest BCUT2D eigenvalue weighted by Gasteiger charge is 2.10. The molecule has 1 amide bonds. The largest absolute Gasteiger partial charge is 0.492 e. The maximum atomic E-state index is 11.4. The van der Waals surface area contributed by atoms with Crippen molar-refractivity contribution in [2.75, 3.05) is 32.8 Å². The number of carbonyl (C=O) groups excluding carboxylic acids is 1. The first-order chi connectivity index (χ1) is 10.6. The van der Waals surface area contributed by atoms with Crippen molar-refractivity contribution in [3.63, 3.8) is 0 Å². The van der Waals surface area contributed by atoms with E-state index < -0.39 is 6.04 Å². The Labute approximate surface area is 145 Å². The van der Waals surface area contributed by atoms with Gasteiger partial charge in [0.1, 0.15) is 12.4 Å². The molecule has 1 heterocycles. The minimum absolute atomic E-state index is 0. The fraction of sp³-hybridized carbons (Fsp3) is 0.588. The Morgan fingerprint density at radius 3 is 2.57 bits per heavy atom. The van der Waals surface area contributed by atoms with Gasteiger partial charge >= 0.3 is 0 Å². The molecule has 23 heavy (non-hydrogen) atoms. The monoisotopic (exact) mass is 341 g/mol. The fourth-order valence-corrected chi connectivity index (χ4v) is 2.54. The molecule has 1 aliphatic rings. The molecule has 1 unspecified atom stereocenters. The molecule has 1 saturated heterocycles. The highest BCUT2D eigenvalue weighted by atomic mass is 35.5. The maximum absolute atomic E-state index is 11.4. The number of likely N-dealkylation sites (tertiary alicyclic amines) is 1. The van der Waals surface area contributed by atoms with Gasteiger partial charge in [0.25, 0.3) is 0 Å². The van der Waals surface area contributed by atoms with Crippen molar-refractivity contribution in [1.82, 2.24) is 10.2 Å². The third-order valence-corrected chi connectivity index (χ3v) is 3.92. The van der Waals surface area contributed by atoms with Crippen LogP contribution in [0.3, 0.4) is 0 Å². The highest BCUT2D eigenvalue weighted by molar-refractivity contribution is 5.85. The van der Waals surface area contributed by atoms with Crippen molar-refractivity contribution in [1.29, 1.82) is 0 Å². The lowest BCUT2D eigenvalue weighted by Crippen LogP contribution is -2.39. The molecule has 5 nitrogen and oxygen atoms in total. The van der Waals surface area contributed by atoms with E-state index in [9.17, 15) is 4.79 Å². The van der Waals surface area contributed by atoms with Gasteiger partial charge in [0.15, 0.2) is 0 Å². The van der Waals surface area contributed by atoms with Crippen molar-refractivity contribution >= 4 is 18.3 Å². The summed E-state index contributed by atoms with van der Waals surface area (Å²) < 4.78 is 5.77. The van der Waals surface area contributed by atoms with Crippen molar-refractivity contribution < 1.29 is 9.53 Å². The lowest BCUT2D eigenvalue weighted by atomic mass is 10.1. The van der Waals surface area contributed by atoms with Crippen LogP contribution in [-0.4, -0.2) is 49.6 Å². The van der Waals surface area contributed by atoms with Crippen LogP contribution >= 0.6 is 12.4 Å². The maximum Gasteiger partial charge on any atom is 0.236 e. The number of halogens is 1. The predicted octanol–water partition coefficient (Wildman–Crippen LogP) is 1.59. The SMILES string of the molecule is CC(N)C(=O)NCCc1ccc(OCCN2CCCC2)cc1.Cl. The van der Waals surface area contributed by atoms with Gasteiger partial charge in [0, 0.05) is 13.1 Å². The molecule has 1 aliphatic heterocycles. The molecule has 0 aromatic heterocycles. The first-order valence-corrected chi connectivity index (χ1v) is 8.12. The van der Waals surface area contributed by atoms with Crippen LogP contribution in [0.15, 0.2) is 24.3 Å². The molecule has 6 heteroatoms. The zero-order chi connectivity index (χ0) is 15.8. The number of amides is 1. The van der Waals surface area contributed by atoms with Gasteiger partial charge in [-0.25, -0.2) is 0 Å². The van der Waals surface area contributed by atoms with Crippen LogP contribution in [0.5, 0.6) is 5.75 Å². The third kappa shape index (κ3) is 7.20. The van der Waals surface area contributed by atoms with Gasteiger partial charge in [-0.2, -0.15) is 0 Å². The number of benzene rings is 1. The molecule has 0 aliphatic carbocycles. The average Bonchev–Trinajstić information content (AvgIpc) is 3.02. The molecule has 3 N–H and O–H groups in total. The second-order valence-electron chi connectivity index (χ2n) is 5.87. The molecule has 1 atom stereocenters. The minimum Gasteiger partial charge on any atom is -0.492 e. The van der Waals surface area contributed by atoms with Gasteiger partial charge < -0.3 is 15.8 Å². The predicted molar refractivity (Wildman–Crippen MR) is 95.2 cm³/mol. The van der Waals surface area contributed by atoms with Gasteiger partial charge in [-0.15, -0.1) is 12.4 Å². The summed E-state index contributed by atoms with van der Waals surface area (Å²) in [5.41, 5.74) is 6.67. The molecular formula is C17H28ClN3O2. The van der Waals surface area contributed by atoms with E-state index in [1.165, 1.54) is 31.5 Å². The van der Waals surface area contributed by atoms with Gasteiger partial charge in [-0.05, 0) is 57.0 Å². The van der Waals surface area contributed by atoms with Crippen molar-refractivity contribution in [2.45, 2.75) is 32.2 Å². The average molecular weight is 342 g/mol. The van der Waals surface area contributed by atoms with Crippen LogP contribution in [0.2, 0.25) is 0 Å². The molecule has 1 aromatic rings. The van der Waals surface area contributed by atoms with Gasteiger partial charge in [0.2, 0.25) is 5.91 Å². The number of nitrogens with one attached hydrogen (secondary N) is 1. The summed E-state index contributed by atoms with van der Waals surface area (Å²) in [6, 6.07) is 7.62. The zero-order valence-corrected chi connectivity index (χ0v) is 14.6. The summed E-state index contributed by atoms with van der Waals surface area (Å²) in [7, 11) is 0. The van der Waals surface area contributed by atoms with E-state index in [-0.39, 0.29) is 18.3 Å². The van der Waals surface area contributed by atoms with Gasteiger partial charge in [-0.1, -0.05) is 12.1 Å². The van der Waals surface area contributed by atoms with Gasteiger partial charge in [0.05, 0.1) is 6.04 Å². The first-order valence-electron chi connectivity index (χ1n) is 8.12. The normalized spacial score (nSPS) is 15.7. The molecule has 0 radical (unpaired) electrons. The minimum atomic E-state index is -0.452. The van der Waals surface area contributed by atoms with Crippen molar-refractivity contribution in [3.8, 4) is 5.75 Å². The summed E-state index contributed by atoms with van der Waals surface area (Å²) >= 11 is 0. The molecule has 1 aromatic carbocycles. The van der Waals surface area contributed by atoms with Crippen LogP contribution in [0.1, 0.15) is 25.3 Å². The molecule has 0 saturated carbocycles. The first kappa shape index (κ1) is 19.7. The summed E-state index contributed by atoms with van der Waals surface area (Å²) in [5.74, 6) is 0.796. The topological polar surface area (TPSA) is 67.6 Å². The van der Waals surface area contributed by atoms with E-state index in [1.807, 2.05) is 24.3 Å². The number of nitrogens with two attached hydrogens (primary N) is 1. The van der Waals surface area contributed by atoms with Crippen molar-refractivity contribution in [2.24, 2.45) is 5.73 Å². The van der Waals surface area contributed by atoms with Crippen LogP contribution in [0.25, 0.3) is 0 Å². The summed E-state index contributed by atoms with van der Waals surface area (Å²) in [6.45, 7) is 6.44.